The molecule has 1 aliphatic rings. The van der Waals surface area contributed by atoms with Gasteiger partial charge in [0.15, 0.2) is 5.76 Å². The summed E-state index contributed by atoms with van der Waals surface area (Å²) in [5.74, 6) is 0.0823. The van der Waals surface area contributed by atoms with E-state index in [0.29, 0.717) is 11.5 Å². The molecule has 29 heavy (non-hydrogen) atoms. The predicted molar refractivity (Wildman–Crippen MR) is 107 cm³/mol. The number of carbonyl (C=O) groups excluding carboxylic acids is 2. The van der Waals surface area contributed by atoms with Gasteiger partial charge in [-0.1, -0.05) is 59.8 Å². The number of ether oxygens (including phenoxy) is 1. The smallest absolute Gasteiger partial charge is 0.308 e. The predicted octanol–water partition coefficient (Wildman–Crippen LogP) is 4.35. The van der Waals surface area contributed by atoms with Crippen molar-refractivity contribution in [3.05, 3.63) is 83.7 Å². The van der Waals surface area contributed by atoms with Crippen LogP contribution in [-0.2, 0) is 20.9 Å². The highest BCUT2D eigenvalue weighted by atomic mass is 16.5. The van der Waals surface area contributed by atoms with Gasteiger partial charge in [-0.3, -0.25) is 9.59 Å². The van der Waals surface area contributed by atoms with E-state index >= 15 is 0 Å². The van der Waals surface area contributed by atoms with Gasteiger partial charge >= 0.3 is 5.97 Å². The van der Waals surface area contributed by atoms with Crippen LogP contribution in [0.1, 0.15) is 36.2 Å². The van der Waals surface area contributed by atoms with Crippen LogP contribution < -0.4 is 0 Å². The molecule has 1 aliphatic heterocycles. The number of rotatable bonds is 5. The Labute approximate surface area is 168 Å². The van der Waals surface area contributed by atoms with E-state index in [1.165, 1.54) is 6.92 Å². The molecule has 2 aromatic carbocycles. The van der Waals surface area contributed by atoms with Gasteiger partial charge in [0.05, 0.1) is 12.5 Å². The fraction of sp³-hybridized carbons (Fsp3) is 0.174. The molecule has 1 amide bonds. The Hall–Kier alpha value is -3.67. The molecule has 146 valence electrons. The number of hydrogen-bond acceptors (Lipinski definition) is 5. The van der Waals surface area contributed by atoms with Crippen molar-refractivity contribution in [1.29, 1.82) is 0 Å². The molecule has 0 fully saturated rings. The second-order valence-corrected chi connectivity index (χ2v) is 6.80. The highest BCUT2D eigenvalue weighted by Crippen LogP contribution is 2.33. The summed E-state index contributed by atoms with van der Waals surface area (Å²) in [5, 5.41) is 3.96. The van der Waals surface area contributed by atoms with E-state index in [9.17, 15) is 9.59 Å². The normalized spacial score (nSPS) is 15.1. The second-order valence-electron chi connectivity index (χ2n) is 6.80. The molecule has 0 unspecified atom stereocenters. The van der Waals surface area contributed by atoms with Gasteiger partial charge in [-0.25, -0.2) is 0 Å². The van der Waals surface area contributed by atoms with Crippen LogP contribution in [0.25, 0.3) is 17.4 Å². The molecule has 1 atom stereocenters. The van der Waals surface area contributed by atoms with E-state index in [2.05, 4.69) is 5.16 Å². The molecule has 0 aliphatic carbocycles. The van der Waals surface area contributed by atoms with Gasteiger partial charge in [0.1, 0.15) is 12.3 Å². The van der Waals surface area contributed by atoms with Crippen LogP contribution >= 0.6 is 0 Å². The molecular weight excluding hydrogens is 368 g/mol. The van der Waals surface area contributed by atoms with Crippen molar-refractivity contribution < 1.29 is 18.8 Å². The SMILES string of the molecule is CC(=O)N1C=Cc2ccccc2[C@H]1CC(=O)OCc1cc(-c2ccccc2)on1. The Morgan fingerprint density at radius 2 is 1.86 bits per heavy atom. The molecule has 3 aromatic rings. The Balaban J connectivity index is 1.42. The molecule has 0 N–H and O–H groups in total. The van der Waals surface area contributed by atoms with Gasteiger partial charge in [-0.05, 0) is 17.2 Å². The van der Waals surface area contributed by atoms with Crippen LogP contribution in [0.5, 0.6) is 0 Å². The summed E-state index contributed by atoms with van der Waals surface area (Å²) in [4.78, 5) is 26.1. The second kappa shape index (κ2) is 8.14. The summed E-state index contributed by atoms with van der Waals surface area (Å²) >= 11 is 0. The molecule has 0 bridgehead atoms. The largest absolute Gasteiger partial charge is 0.459 e. The molecule has 0 saturated heterocycles. The number of fused-ring (bicyclic) bond motifs is 1. The van der Waals surface area contributed by atoms with E-state index in [4.69, 9.17) is 9.26 Å². The van der Waals surface area contributed by atoms with Gasteiger partial charge in [0, 0.05) is 24.8 Å². The minimum atomic E-state index is -0.407. The first-order chi connectivity index (χ1) is 14.1. The molecule has 6 nitrogen and oxygen atoms in total. The summed E-state index contributed by atoms with van der Waals surface area (Å²) < 4.78 is 10.7. The van der Waals surface area contributed by atoms with Crippen molar-refractivity contribution in [2.75, 3.05) is 0 Å². The lowest BCUT2D eigenvalue weighted by Gasteiger charge is -2.32. The van der Waals surface area contributed by atoms with Crippen molar-refractivity contribution in [2.45, 2.75) is 26.0 Å². The van der Waals surface area contributed by atoms with Crippen LogP contribution in [0.3, 0.4) is 0 Å². The molecule has 1 aromatic heterocycles. The highest BCUT2D eigenvalue weighted by molar-refractivity contribution is 5.80. The Morgan fingerprint density at radius 3 is 2.66 bits per heavy atom. The Bertz CT molecular complexity index is 1060. The number of esters is 1. The molecule has 2 heterocycles. The van der Waals surface area contributed by atoms with Crippen molar-refractivity contribution in [3.8, 4) is 11.3 Å². The maximum atomic E-state index is 12.5. The van der Waals surface area contributed by atoms with E-state index in [0.717, 1.165) is 16.7 Å². The van der Waals surface area contributed by atoms with Gasteiger partial charge in [0.2, 0.25) is 5.91 Å². The summed E-state index contributed by atoms with van der Waals surface area (Å²) in [6.07, 6.45) is 3.65. The molecule has 0 spiro atoms. The lowest BCUT2D eigenvalue weighted by molar-refractivity contribution is -0.147. The summed E-state index contributed by atoms with van der Waals surface area (Å²) in [7, 11) is 0. The molecule has 4 rings (SSSR count). The summed E-state index contributed by atoms with van der Waals surface area (Å²) in [6, 6.07) is 18.7. The summed E-state index contributed by atoms with van der Waals surface area (Å²) in [6.45, 7) is 1.50. The maximum absolute atomic E-state index is 12.5. The zero-order valence-corrected chi connectivity index (χ0v) is 15.9. The van der Waals surface area contributed by atoms with Crippen molar-refractivity contribution >= 4 is 18.0 Å². The van der Waals surface area contributed by atoms with E-state index < -0.39 is 12.0 Å². The molecule has 0 saturated carbocycles. The number of amides is 1. The Kier molecular flexibility index (Phi) is 5.24. The third kappa shape index (κ3) is 4.11. The highest BCUT2D eigenvalue weighted by Gasteiger charge is 2.28. The van der Waals surface area contributed by atoms with E-state index in [-0.39, 0.29) is 18.9 Å². The van der Waals surface area contributed by atoms with Crippen LogP contribution in [0.2, 0.25) is 0 Å². The fourth-order valence-electron chi connectivity index (χ4n) is 3.40. The number of benzene rings is 2. The van der Waals surface area contributed by atoms with Crippen molar-refractivity contribution in [3.63, 3.8) is 0 Å². The number of hydrogen-bond donors (Lipinski definition) is 0. The van der Waals surface area contributed by atoms with E-state index in [1.807, 2.05) is 60.7 Å². The minimum absolute atomic E-state index is 0.0133. The maximum Gasteiger partial charge on any atom is 0.308 e. The zero-order valence-electron chi connectivity index (χ0n) is 15.9. The van der Waals surface area contributed by atoms with Gasteiger partial charge in [0.25, 0.3) is 0 Å². The minimum Gasteiger partial charge on any atom is -0.459 e. The average molecular weight is 388 g/mol. The van der Waals surface area contributed by atoms with Crippen molar-refractivity contribution in [2.24, 2.45) is 0 Å². The summed E-state index contributed by atoms with van der Waals surface area (Å²) in [5.41, 5.74) is 3.35. The zero-order chi connectivity index (χ0) is 20.2. The first kappa shape index (κ1) is 18.7. The monoisotopic (exact) mass is 388 g/mol. The average Bonchev–Trinajstić information content (AvgIpc) is 3.22. The first-order valence-electron chi connectivity index (χ1n) is 9.34. The van der Waals surface area contributed by atoms with E-state index in [1.54, 1.807) is 17.2 Å². The standard InChI is InChI=1S/C23H20N2O4/c1-16(26)25-12-11-17-7-5-6-10-20(17)21(25)14-23(27)28-15-19-13-22(29-24-19)18-8-3-2-4-9-18/h2-13,21H,14-15H2,1H3/t21-/m1/s1. The van der Waals surface area contributed by atoms with Crippen LogP contribution in [0, 0.1) is 0 Å². The van der Waals surface area contributed by atoms with Crippen LogP contribution in [-0.4, -0.2) is 21.9 Å². The third-order valence-electron chi connectivity index (χ3n) is 4.83. The number of carbonyl (C=O) groups is 2. The quantitative estimate of drug-likeness (QED) is 0.608. The third-order valence-corrected chi connectivity index (χ3v) is 4.83. The lowest BCUT2D eigenvalue weighted by Crippen LogP contribution is -2.32. The van der Waals surface area contributed by atoms with Crippen LogP contribution in [0.4, 0.5) is 0 Å². The Morgan fingerprint density at radius 1 is 1.10 bits per heavy atom. The molecule has 6 heteroatoms. The topological polar surface area (TPSA) is 72.6 Å². The van der Waals surface area contributed by atoms with Crippen LogP contribution in [0.15, 0.2) is 71.4 Å². The molecular formula is C23H20N2O4. The first-order valence-corrected chi connectivity index (χ1v) is 9.34. The van der Waals surface area contributed by atoms with Gasteiger partial charge in [-0.15, -0.1) is 0 Å². The fourth-order valence-corrected chi connectivity index (χ4v) is 3.40. The number of nitrogens with zero attached hydrogens (tertiary/aromatic N) is 2. The lowest BCUT2D eigenvalue weighted by atomic mass is 9.94. The van der Waals surface area contributed by atoms with Gasteiger partial charge < -0.3 is 14.2 Å². The molecule has 0 radical (unpaired) electrons. The number of aromatic nitrogens is 1. The van der Waals surface area contributed by atoms with Crippen molar-refractivity contribution in [1.82, 2.24) is 10.1 Å². The van der Waals surface area contributed by atoms with Gasteiger partial charge in [-0.2, -0.15) is 0 Å².